The van der Waals surface area contributed by atoms with Gasteiger partial charge in [0.25, 0.3) is 0 Å². The van der Waals surface area contributed by atoms with Crippen LogP contribution in [0.5, 0.6) is 5.75 Å². The van der Waals surface area contributed by atoms with Gasteiger partial charge in [-0.3, -0.25) is 0 Å². The number of benzene rings is 1. The highest BCUT2D eigenvalue weighted by Crippen LogP contribution is 2.32. The number of nitrogens with two attached hydrogens (primary N) is 1. The van der Waals surface area contributed by atoms with E-state index in [1.807, 2.05) is 12.1 Å². The zero-order chi connectivity index (χ0) is 13.9. The van der Waals surface area contributed by atoms with E-state index in [1.165, 1.54) is 25.7 Å². The predicted octanol–water partition coefficient (Wildman–Crippen LogP) is 3.13. The summed E-state index contributed by atoms with van der Waals surface area (Å²) >= 11 is 1.64. The van der Waals surface area contributed by atoms with Crippen LogP contribution in [0.1, 0.15) is 25.7 Å². The van der Waals surface area contributed by atoms with Crippen LogP contribution in [0, 0.1) is 0 Å². The Bertz CT molecular complexity index is 618. The Kier molecular flexibility index (Phi) is 3.73. The van der Waals surface area contributed by atoms with E-state index in [-0.39, 0.29) is 0 Å². The average molecular weight is 291 g/mol. The van der Waals surface area contributed by atoms with Gasteiger partial charge < -0.3 is 15.4 Å². The van der Waals surface area contributed by atoms with E-state index in [0.717, 1.165) is 28.4 Å². The minimum absolute atomic E-state index is 0.469. The molecule has 0 radical (unpaired) electrons. The Morgan fingerprint density at radius 3 is 2.70 bits per heavy atom. The number of carbonyl (C=O) groups is 1. The van der Waals surface area contributed by atoms with Crippen molar-refractivity contribution in [2.24, 2.45) is 5.73 Å². The first kappa shape index (κ1) is 13.2. The third-order valence-corrected chi connectivity index (χ3v) is 4.52. The quantitative estimate of drug-likeness (QED) is 0.923. The van der Waals surface area contributed by atoms with Crippen molar-refractivity contribution in [2.75, 3.05) is 18.0 Å². The maximum Gasteiger partial charge on any atom is 0.409 e. The number of thiazole rings is 1. The summed E-state index contributed by atoms with van der Waals surface area (Å²) < 4.78 is 5.92. The largest absolute Gasteiger partial charge is 0.410 e. The molecule has 1 fully saturated rings. The summed E-state index contributed by atoms with van der Waals surface area (Å²) in [4.78, 5) is 17.8. The number of fused-ring (bicyclic) bond motifs is 1. The van der Waals surface area contributed by atoms with E-state index in [9.17, 15) is 4.79 Å². The average Bonchev–Trinajstić information content (AvgIpc) is 2.65. The second kappa shape index (κ2) is 5.66. The van der Waals surface area contributed by atoms with E-state index >= 15 is 0 Å². The number of nitrogens with zero attached hydrogens (tertiary/aromatic N) is 2. The summed E-state index contributed by atoms with van der Waals surface area (Å²) in [6.07, 6.45) is 4.27. The third kappa shape index (κ3) is 2.85. The van der Waals surface area contributed by atoms with E-state index < -0.39 is 6.09 Å². The Balaban J connectivity index is 1.87. The molecule has 1 aliphatic heterocycles. The first-order valence-electron chi connectivity index (χ1n) is 6.85. The molecular weight excluding hydrogens is 274 g/mol. The molecule has 2 N–H and O–H groups in total. The SMILES string of the molecule is NC(=O)Oc1ccc2nc(N3CCCCCC3)sc2c1. The molecule has 1 aromatic heterocycles. The summed E-state index contributed by atoms with van der Waals surface area (Å²) in [7, 11) is 0. The van der Waals surface area contributed by atoms with Crippen molar-refractivity contribution >= 4 is 32.8 Å². The van der Waals surface area contributed by atoms with Gasteiger partial charge in [-0.1, -0.05) is 24.2 Å². The smallest absolute Gasteiger partial charge is 0.409 e. The van der Waals surface area contributed by atoms with Crippen molar-refractivity contribution in [3.63, 3.8) is 0 Å². The van der Waals surface area contributed by atoms with Gasteiger partial charge >= 0.3 is 6.09 Å². The maximum atomic E-state index is 10.8. The van der Waals surface area contributed by atoms with Crippen molar-refractivity contribution in [3.8, 4) is 5.75 Å². The molecule has 2 heterocycles. The number of hydrogen-bond acceptors (Lipinski definition) is 5. The van der Waals surface area contributed by atoms with Crippen LogP contribution in [-0.4, -0.2) is 24.2 Å². The zero-order valence-corrected chi connectivity index (χ0v) is 12.0. The lowest BCUT2D eigenvalue weighted by Crippen LogP contribution is -2.23. The number of aromatic nitrogens is 1. The third-order valence-electron chi connectivity index (χ3n) is 3.44. The van der Waals surface area contributed by atoms with Gasteiger partial charge in [0.1, 0.15) is 5.75 Å². The number of primary amides is 1. The molecule has 106 valence electrons. The standard InChI is InChI=1S/C14H17N3O2S/c15-13(18)19-10-5-6-11-12(9-10)20-14(16-11)17-7-3-1-2-4-8-17/h5-6,9H,1-4,7-8H2,(H2,15,18). The van der Waals surface area contributed by atoms with Gasteiger partial charge in [0.15, 0.2) is 5.13 Å². The molecule has 6 heteroatoms. The second-order valence-electron chi connectivity index (χ2n) is 4.95. The lowest BCUT2D eigenvalue weighted by atomic mass is 10.2. The fourth-order valence-corrected chi connectivity index (χ4v) is 3.52. The Hall–Kier alpha value is -1.82. The predicted molar refractivity (Wildman–Crippen MR) is 80.5 cm³/mol. The van der Waals surface area contributed by atoms with Crippen molar-refractivity contribution in [2.45, 2.75) is 25.7 Å². The van der Waals surface area contributed by atoms with Gasteiger partial charge in [0.05, 0.1) is 10.2 Å². The number of amides is 1. The lowest BCUT2D eigenvalue weighted by molar-refractivity contribution is 0.211. The van der Waals surface area contributed by atoms with Gasteiger partial charge in [-0.05, 0) is 25.0 Å². The van der Waals surface area contributed by atoms with Crippen LogP contribution in [0.2, 0.25) is 0 Å². The summed E-state index contributed by atoms with van der Waals surface area (Å²) in [6.45, 7) is 2.15. The molecule has 5 nitrogen and oxygen atoms in total. The van der Waals surface area contributed by atoms with E-state index in [4.69, 9.17) is 10.5 Å². The maximum absolute atomic E-state index is 10.8. The van der Waals surface area contributed by atoms with Crippen LogP contribution in [-0.2, 0) is 0 Å². The van der Waals surface area contributed by atoms with Crippen LogP contribution >= 0.6 is 11.3 Å². The van der Waals surface area contributed by atoms with Crippen LogP contribution in [0.15, 0.2) is 18.2 Å². The Labute approximate surface area is 121 Å². The molecule has 3 rings (SSSR count). The monoisotopic (exact) mass is 291 g/mol. The summed E-state index contributed by atoms with van der Waals surface area (Å²) in [6, 6.07) is 5.41. The van der Waals surface area contributed by atoms with Gasteiger partial charge in [-0.2, -0.15) is 0 Å². The molecular formula is C14H17N3O2S. The Morgan fingerprint density at radius 2 is 2.00 bits per heavy atom. The highest BCUT2D eigenvalue weighted by atomic mass is 32.1. The first-order valence-corrected chi connectivity index (χ1v) is 7.67. The van der Waals surface area contributed by atoms with Crippen molar-refractivity contribution in [1.82, 2.24) is 4.98 Å². The number of carbonyl (C=O) groups excluding carboxylic acids is 1. The number of anilines is 1. The number of rotatable bonds is 2. The van der Waals surface area contributed by atoms with Crippen molar-refractivity contribution < 1.29 is 9.53 Å². The van der Waals surface area contributed by atoms with E-state index in [1.54, 1.807) is 17.4 Å². The highest BCUT2D eigenvalue weighted by molar-refractivity contribution is 7.22. The normalized spacial score (nSPS) is 16.1. The van der Waals surface area contributed by atoms with Gasteiger partial charge in [0.2, 0.25) is 0 Å². The number of ether oxygens (including phenoxy) is 1. The molecule has 2 aromatic rings. The highest BCUT2D eigenvalue weighted by Gasteiger charge is 2.14. The van der Waals surface area contributed by atoms with E-state index in [2.05, 4.69) is 9.88 Å². The first-order chi connectivity index (χ1) is 9.72. The van der Waals surface area contributed by atoms with Gasteiger partial charge in [-0.15, -0.1) is 0 Å². The van der Waals surface area contributed by atoms with Crippen molar-refractivity contribution in [1.29, 1.82) is 0 Å². The molecule has 1 aromatic carbocycles. The molecule has 1 amide bonds. The molecule has 0 spiro atoms. The minimum Gasteiger partial charge on any atom is -0.410 e. The second-order valence-corrected chi connectivity index (χ2v) is 5.96. The molecule has 0 aliphatic carbocycles. The molecule has 1 saturated heterocycles. The summed E-state index contributed by atoms with van der Waals surface area (Å²) in [5, 5.41) is 1.05. The summed E-state index contributed by atoms with van der Waals surface area (Å²) in [5.41, 5.74) is 5.96. The molecule has 1 aliphatic rings. The minimum atomic E-state index is -0.790. The van der Waals surface area contributed by atoms with Gasteiger partial charge in [-0.25, -0.2) is 9.78 Å². The fourth-order valence-electron chi connectivity index (χ4n) is 2.47. The topological polar surface area (TPSA) is 68.5 Å². The molecule has 0 atom stereocenters. The fraction of sp³-hybridized carbons (Fsp3) is 0.429. The van der Waals surface area contributed by atoms with Crippen LogP contribution in [0.4, 0.5) is 9.93 Å². The molecule has 0 unspecified atom stereocenters. The summed E-state index contributed by atoms with van der Waals surface area (Å²) in [5.74, 6) is 0.469. The lowest BCUT2D eigenvalue weighted by Gasteiger charge is -2.18. The molecule has 20 heavy (non-hydrogen) atoms. The molecule has 0 saturated carbocycles. The number of hydrogen-bond donors (Lipinski definition) is 1. The molecule has 0 bridgehead atoms. The zero-order valence-electron chi connectivity index (χ0n) is 11.2. The van der Waals surface area contributed by atoms with Gasteiger partial charge in [0, 0.05) is 19.2 Å². The van der Waals surface area contributed by atoms with E-state index in [0.29, 0.717) is 5.75 Å². The van der Waals surface area contributed by atoms with Crippen LogP contribution in [0.3, 0.4) is 0 Å². The Morgan fingerprint density at radius 1 is 1.25 bits per heavy atom. The van der Waals surface area contributed by atoms with Crippen molar-refractivity contribution in [3.05, 3.63) is 18.2 Å². The van der Waals surface area contributed by atoms with Crippen LogP contribution in [0.25, 0.3) is 10.2 Å². The van der Waals surface area contributed by atoms with Crippen LogP contribution < -0.4 is 15.4 Å².